The quantitative estimate of drug-likeness (QED) is 0.716. The lowest BCUT2D eigenvalue weighted by atomic mass is 9.84. The van der Waals surface area contributed by atoms with Crippen molar-refractivity contribution in [1.29, 1.82) is 0 Å². The van der Waals surface area contributed by atoms with Crippen molar-refractivity contribution in [2.24, 2.45) is 17.1 Å². The maximum Gasteiger partial charge on any atom is 0.323 e. The second-order valence-corrected chi connectivity index (χ2v) is 5.19. The van der Waals surface area contributed by atoms with Crippen molar-refractivity contribution in [3.63, 3.8) is 0 Å². The smallest absolute Gasteiger partial charge is 0.323 e. The minimum atomic E-state index is -0.514. The zero-order valence-corrected chi connectivity index (χ0v) is 10.8. The van der Waals surface area contributed by atoms with Crippen LogP contribution in [0.4, 0.5) is 0 Å². The van der Waals surface area contributed by atoms with E-state index in [1.807, 2.05) is 20.8 Å². The molecule has 2 unspecified atom stereocenters. The lowest BCUT2D eigenvalue weighted by molar-refractivity contribution is -0.156. The predicted molar refractivity (Wildman–Crippen MR) is 62.4 cm³/mol. The highest BCUT2D eigenvalue weighted by molar-refractivity contribution is 5.75. The minimum absolute atomic E-state index is 0.00631. The Morgan fingerprint density at radius 3 is 2.13 bits per heavy atom. The first-order valence-corrected chi connectivity index (χ1v) is 5.68. The maximum absolute atomic E-state index is 11.6. The van der Waals surface area contributed by atoms with Crippen molar-refractivity contribution in [2.45, 2.75) is 60.1 Å². The maximum atomic E-state index is 11.6. The second kappa shape index (κ2) is 5.50. The lowest BCUT2D eigenvalue weighted by Gasteiger charge is -2.31. The fourth-order valence-corrected chi connectivity index (χ4v) is 0.972. The molecule has 0 aliphatic carbocycles. The van der Waals surface area contributed by atoms with Gasteiger partial charge in [0, 0.05) is 5.41 Å². The van der Waals surface area contributed by atoms with Crippen molar-refractivity contribution in [2.75, 3.05) is 0 Å². The van der Waals surface area contributed by atoms with E-state index >= 15 is 0 Å². The molecule has 2 atom stereocenters. The molecule has 0 aromatic carbocycles. The molecular formula is C12H25NO2. The summed E-state index contributed by atoms with van der Waals surface area (Å²) in [4.78, 5) is 11.6. The van der Waals surface area contributed by atoms with E-state index < -0.39 is 6.04 Å². The molecule has 0 fully saturated rings. The van der Waals surface area contributed by atoms with Gasteiger partial charge in [-0.05, 0) is 19.3 Å². The summed E-state index contributed by atoms with van der Waals surface area (Å²) in [7, 11) is 0. The van der Waals surface area contributed by atoms with Crippen LogP contribution >= 0.6 is 0 Å². The largest absolute Gasteiger partial charge is 0.461 e. The van der Waals surface area contributed by atoms with Crippen molar-refractivity contribution in [1.82, 2.24) is 0 Å². The third-order valence-corrected chi connectivity index (χ3v) is 3.30. The van der Waals surface area contributed by atoms with E-state index in [9.17, 15) is 4.79 Å². The molecule has 3 heteroatoms. The highest BCUT2D eigenvalue weighted by atomic mass is 16.5. The number of nitrogens with two attached hydrogens (primary N) is 1. The summed E-state index contributed by atoms with van der Waals surface area (Å²) in [6.45, 7) is 12.0. The summed E-state index contributed by atoms with van der Waals surface area (Å²) in [6.07, 6.45) is 0.873. The SMILES string of the molecule is CCC(C)(C)C(C)OC(=O)C(N)C(C)C. The van der Waals surface area contributed by atoms with Crippen LogP contribution in [0.2, 0.25) is 0 Å². The van der Waals surface area contributed by atoms with Crippen molar-refractivity contribution < 1.29 is 9.53 Å². The molecule has 0 saturated carbocycles. The van der Waals surface area contributed by atoms with Gasteiger partial charge in [-0.3, -0.25) is 4.79 Å². The molecule has 0 spiro atoms. The van der Waals surface area contributed by atoms with E-state index in [0.29, 0.717) is 0 Å². The highest BCUT2D eigenvalue weighted by Gasteiger charge is 2.29. The number of rotatable bonds is 5. The molecule has 0 amide bonds. The minimum Gasteiger partial charge on any atom is -0.461 e. The second-order valence-electron chi connectivity index (χ2n) is 5.19. The van der Waals surface area contributed by atoms with Crippen molar-refractivity contribution >= 4 is 5.97 Å². The van der Waals surface area contributed by atoms with E-state index in [0.717, 1.165) is 6.42 Å². The molecule has 90 valence electrons. The fourth-order valence-electron chi connectivity index (χ4n) is 0.972. The Bertz CT molecular complexity index is 212. The van der Waals surface area contributed by atoms with Gasteiger partial charge in [-0.15, -0.1) is 0 Å². The number of carbonyl (C=O) groups excluding carboxylic acids is 1. The summed E-state index contributed by atoms with van der Waals surface area (Å²) in [5, 5.41) is 0. The van der Waals surface area contributed by atoms with Crippen LogP contribution in [0.5, 0.6) is 0 Å². The number of ether oxygens (including phenoxy) is 1. The summed E-state index contributed by atoms with van der Waals surface area (Å²) >= 11 is 0. The average molecular weight is 215 g/mol. The summed E-state index contributed by atoms with van der Waals surface area (Å²) in [5.74, 6) is -0.173. The summed E-state index contributed by atoms with van der Waals surface area (Å²) in [6, 6.07) is -0.514. The Balaban J connectivity index is 4.30. The van der Waals surface area contributed by atoms with Crippen LogP contribution in [0, 0.1) is 11.3 Å². The molecule has 0 saturated heterocycles. The Kier molecular flexibility index (Phi) is 5.29. The molecule has 15 heavy (non-hydrogen) atoms. The third kappa shape index (κ3) is 4.20. The molecule has 0 aromatic heterocycles. The molecule has 0 heterocycles. The molecule has 0 aliphatic heterocycles. The van der Waals surface area contributed by atoms with E-state index in [1.165, 1.54) is 0 Å². The standard InChI is InChI=1S/C12H25NO2/c1-7-12(5,6)9(4)15-11(14)10(13)8(2)3/h8-10H,7,13H2,1-6H3. The normalized spacial score (nSPS) is 16.3. The average Bonchev–Trinajstić information content (AvgIpc) is 2.16. The first kappa shape index (κ1) is 14.4. The van der Waals surface area contributed by atoms with Gasteiger partial charge in [0.1, 0.15) is 12.1 Å². The van der Waals surface area contributed by atoms with Crippen LogP contribution in [0.15, 0.2) is 0 Å². The molecule has 0 radical (unpaired) electrons. The Morgan fingerprint density at radius 1 is 1.33 bits per heavy atom. The monoisotopic (exact) mass is 215 g/mol. The molecular weight excluding hydrogens is 190 g/mol. The summed E-state index contributed by atoms with van der Waals surface area (Å²) in [5.41, 5.74) is 5.72. The number of hydrogen-bond acceptors (Lipinski definition) is 3. The summed E-state index contributed by atoms with van der Waals surface area (Å²) < 4.78 is 5.37. The molecule has 0 rings (SSSR count). The lowest BCUT2D eigenvalue weighted by Crippen LogP contribution is -2.41. The van der Waals surface area contributed by atoms with Crippen LogP contribution in [-0.2, 0) is 9.53 Å². The zero-order valence-electron chi connectivity index (χ0n) is 10.8. The number of carbonyl (C=O) groups is 1. The van der Waals surface area contributed by atoms with E-state index in [4.69, 9.17) is 10.5 Å². The topological polar surface area (TPSA) is 52.3 Å². The van der Waals surface area contributed by atoms with Crippen LogP contribution in [0.25, 0.3) is 0 Å². The van der Waals surface area contributed by atoms with Crippen LogP contribution in [0.1, 0.15) is 48.0 Å². The van der Waals surface area contributed by atoms with Gasteiger partial charge in [-0.2, -0.15) is 0 Å². The van der Waals surface area contributed by atoms with Gasteiger partial charge in [-0.1, -0.05) is 34.6 Å². The molecule has 0 aromatic rings. The first-order chi connectivity index (χ1) is 6.72. The van der Waals surface area contributed by atoms with E-state index in [2.05, 4.69) is 20.8 Å². The number of esters is 1. The van der Waals surface area contributed by atoms with Gasteiger partial charge in [-0.25, -0.2) is 0 Å². The van der Waals surface area contributed by atoms with Gasteiger partial charge < -0.3 is 10.5 Å². The number of hydrogen-bond donors (Lipinski definition) is 1. The van der Waals surface area contributed by atoms with Gasteiger partial charge in [0.25, 0.3) is 0 Å². The van der Waals surface area contributed by atoms with Crippen LogP contribution in [0.3, 0.4) is 0 Å². The molecule has 2 N–H and O–H groups in total. The Labute approximate surface area is 93.4 Å². The Morgan fingerprint density at radius 2 is 1.80 bits per heavy atom. The molecule has 3 nitrogen and oxygen atoms in total. The Hall–Kier alpha value is -0.570. The van der Waals surface area contributed by atoms with Crippen LogP contribution < -0.4 is 5.73 Å². The van der Waals surface area contributed by atoms with Gasteiger partial charge in [0.05, 0.1) is 0 Å². The zero-order chi connectivity index (χ0) is 12.2. The van der Waals surface area contributed by atoms with Gasteiger partial charge in [0.15, 0.2) is 0 Å². The first-order valence-electron chi connectivity index (χ1n) is 5.68. The fraction of sp³-hybridized carbons (Fsp3) is 0.917. The van der Waals surface area contributed by atoms with Crippen molar-refractivity contribution in [3.8, 4) is 0 Å². The third-order valence-electron chi connectivity index (χ3n) is 3.30. The van der Waals surface area contributed by atoms with Crippen LogP contribution in [-0.4, -0.2) is 18.1 Å². The molecule has 0 bridgehead atoms. The predicted octanol–water partition coefficient (Wildman–Crippen LogP) is 2.34. The van der Waals surface area contributed by atoms with Gasteiger partial charge >= 0.3 is 5.97 Å². The highest BCUT2D eigenvalue weighted by Crippen LogP contribution is 2.27. The van der Waals surface area contributed by atoms with E-state index in [1.54, 1.807) is 0 Å². The van der Waals surface area contributed by atoms with E-state index in [-0.39, 0.29) is 23.4 Å². The van der Waals surface area contributed by atoms with Gasteiger partial charge in [0.2, 0.25) is 0 Å². The van der Waals surface area contributed by atoms with Crippen molar-refractivity contribution in [3.05, 3.63) is 0 Å². The molecule has 0 aliphatic rings.